The SMILES string of the molecule is C[C@@H]1O[C@H](c2ccncc2NC(=O)c2ccc(F)c(-c3c(F)cccc3F)n2)C[C@@H](O)[C@H]1O. The Balaban J connectivity index is 1.63. The second kappa shape index (κ2) is 9.26. The predicted molar refractivity (Wildman–Crippen MR) is 112 cm³/mol. The van der Waals surface area contributed by atoms with Gasteiger partial charge in [-0.25, -0.2) is 18.2 Å². The highest BCUT2D eigenvalue weighted by molar-refractivity contribution is 6.03. The molecule has 7 nitrogen and oxygen atoms in total. The number of carbonyl (C=O) groups excluding carboxylic acids is 1. The molecule has 0 unspecified atom stereocenters. The number of halogens is 3. The summed E-state index contributed by atoms with van der Waals surface area (Å²) in [6.07, 6.45) is -0.419. The molecule has 33 heavy (non-hydrogen) atoms. The minimum Gasteiger partial charge on any atom is -0.390 e. The minimum absolute atomic E-state index is 0.0872. The molecule has 1 fully saturated rings. The van der Waals surface area contributed by atoms with Crippen molar-refractivity contribution in [3.05, 3.63) is 77.5 Å². The maximum atomic E-state index is 14.3. The molecule has 3 heterocycles. The highest BCUT2D eigenvalue weighted by Gasteiger charge is 2.35. The fourth-order valence-corrected chi connectivity index (χ4v) is 3.71. The van der Waals surface area contributed by atoms with Gasteiger partial charge in [0.15, 0.2) is 0 Å². The lowest BCUT2D eigenvalue weighted by atomic mass is 9.94. The van der Waals surface area contributed by atoms with E-state index in [4.69, 9.17) is 4.74 Å². The fourth-order valence-electron chi connectivity index (χ4n) is 3.71. The number of hydrogen-bond acceptors (Lipinski definition) is 6. The number of aromatic nitrogens is 2. The van der Waals surface area contributed by atoms with Gasteiger partial charge in [-0.3, -0.25) is 9.78 Å². The number of aliphatic hydroxyl groups is 2. The first-order chi connectivity index (χ1) is 15.8. The lowest BCUT2D eigenvalue weighted by Crippen LogP contribution is -2.44. The number of aliphatic hydroxyl groups excluding tert-OH is 2. The second-order valence-corrected chi connectivity index (χ2v) is 7.66. The molecule has 0 bridgehead atoms. The van der Waals surface area contributed by atoms with Crippen molar-refractivity contribution in [2.24, 2.45) is 0 Å². The van der Waals surface area contributed by atoms with Crippen LogP contribution in [0.15, 0.2) is 48.8 Å². The fraction of sp³-hybridized carbons (Fsp3) is 0.261. The van der Waals surface area contributed by atoms with E-state index in [0.717, 1.165) is 30.3 Å². The van der Waals surface area contributed by atoms with Crippen molar-refractivity contribution in [2.75, 3.05) is 5.32 Å². The topological polar surface area (TPSA) is 105 Å². The number of amides is 1. The summed E-state index contributed by atoms with van der Waals surface area (Å²) in [7, 11) is 0. The molecule has 4 atom stereocenters. The molecule has 0 aliphatic carbocycles. The Kier molecular flexibility index (Phi) is 6.41. The molecule has 3 N–H and O–H groups in total. The zero-order valence-corrected chi connectivity index (χ0v) is 17.4. The number of hydrogen-bond donors (Lipinski definition) is 3. The Morgan fingerprint density at radius 2 is 1.82 bits per heavy atom. The van der Waals surface area contributed by atoms with E-state index in [9.17, 15) is 28.2 Å². The molecule has 1 aliphatic rings. The van der Waals surface area contributed by atoms with Gasteiger partial charge in [0, 0.05) is 18.2 Å². The van der Waals surface area contributed by atoms with Gasteiger partial charge in [0.25, 0.3) is 5.91 Å². The van der Waals surface area contributed by atoms with Crippen LogP contribution in [0.3, 0.4) is 0 Å². The van der Waals surface area contributed by atoms with E-state index in [-0.39, 0.29) is 17.8 Å². The molecule has 1 saturated heterocycles. The van der Waals surface area contributed by atoms with Crippen LogP contribution in [0.2, 0.25) is 0 Å². The third-order valence-electron chi connectivity index (χ3n) is 5.44. The van der Waals surface area contributed by atoms with Crippen LogP contribution in [-0.4, -0.2) is 44.4 Å². The van der Waals surface area contributed by atoms with Crippen molar-refractivity contribution in [2.45, 2.75) is 37.8 Å². The number of nitrogens with zero attached hydrogens (tertiary/aromatic N) is 2. The summed E-state index contributed by atoms with van der Waals surface area (Å²) < 4.78 is 48.4. The molecular weight excluding hydrogens is 439 g/mol. The predicted octanol–water partition coefficient (Wildman–Crippen LogP) is 3.38. The summed E-state index contributed by atoms with van der Waals surface area (Å²) in [5, 5.41) is 22.6. The van der Waals surface area contributed by atoms with Gasteiger partial charge in [0.05, 0.1) is 35.8 Å². The van der Waals surface area contributed by atoms with Gasteiger partial charge in [0.1, 0.15) is 34.9 Å². The van der Waals surface area contributed by atoms with E-state index in [1.165, 1.54) is 12.4 Å². The summed E-state index contributed by atoms with van der Waals surface area (Å²) in [6.45, 7) is 1.62. The quantitative estimate of drug-likeness (QED) is 0.553. The minimum atomic E-state index is -1.04. The van der Waals surface area contributed by atoms with Gasteiger partial charge in [-0.1, -0.05) is 6.07 Å². The number of benzene rings is 1. The van der Waals surface area contributed by atoms with Crippen LogP contribution in [0.1, 0.15) is 35.5 Å². The van der Waals surface area contributed by atoms with Crippen LogP contribution < -0.4 is 5.32 Å². The lowest BCUT2D eigenvalue weighted by Gasteiger charge is -2.36. The maximum Gasteiger partial charge on any atom is 0.274 e. The van der Waals surface area contributed by atoms with E-state index in [1.54, 1.807) is 13.0 Å². The van der Waals surface area contributed by atoms with Gasteiger partial charge in [-0.15, -0.1) is 0 Å². The smallest absolute Gasteiger partial charge is 0.274 e. The van der Waals surface area contributed by atoms with Gasteiger partial charge < -0.3 is 20.3 Å². The highest BCUT2D eigenvalue weighted by atomic mass is 19.1. The molecule has 0 radical (unpaired) electrons. The number of anilines is 1. The molecule has 10 heteroatoms. The molecule has 1 amide bonds. The molecule has 3 aromatic rings. The molecule has 2 aromatic heterocycles. The standard InChI is InChI=1S/C23H20F3N3O4/c1-11-22(31)18(30)9-19(33-11)12-7-8-27-10-17(12)29-23(32)16-6-5-15(26)21(28-16)20-13(24)3-2-4-14(20)25/h2-8,10-11,18-19,22,30-31H,9H2,1H3,(H,29,32)/t11-,18+,19-,22-/m0/s1. The summed E-state index contributed by atoms with van der Waals surface area (Å²) in [5.41, 5.74) is -0.848. The van der Waals surface area contributed by atoms with Crippen LogP contribution in [-0.2, 0) is 4.74 Å². The van der Waals surface area contributed by atoms with Crippen molar-refractivity contribution in [1.29, 1.82) is 0 Å². The first-order valence-corrected chi connectivity index (χ1v) is 10.1. The van der Waals surface area contributed by atoms with Crippen molar-refractivity contribution in [3.8, 4) is 11.3 Å². The monoisotopic (exact) mass is 459 g/mol. The molecule has 172 valence electrons. The first-order valence-electron chi connectivity index (χ1n) is 10.1. The summed E-state index contributed by atoms with van der Waals surface area (Å²) >= 11 is 0. The Hall–Kier alpha value is -3.34. The van der Waals surface area contributed by atoms with E-state index >= 15 is 0 Å². The Morgan fingerprint density at radius 3 is 2.52 bits per heavy atom. The summed E-state index contributed by atoms with van der Waals surface area (Å²) in [5.74, 6) is -3.79. The maximum absolute atomic E-state index is 14.3. The van der Waals surface area contributed by atoms with Gasteiger partial charge in [0.2, 0.25) is 0 Å². The zero-order valence-electron chi connectivity index (χ0n) is 17.4. The average molecular weight is 459 g/mol. The number of rotatable bonds is 4. The number of nitrogens with one attached hydrogen (secondary N) is 1. The van der Waals surface area contributed by atoms with Crippen LogP contribution in [0.4, 0.5) is 18.9 Å². The number of pyridine rings is 2. The van der Waals surface area contributed by atoms with Crippen molar-refractivity contribution < 1.29 is 32.9 Å². The molecular formula is C23H20F3N3O4. The molecule has 1 aliphatic heterocycles. The van der Waals surface area contributed by atoms with E-state index in [2.05, 4.69) is 15.3 Å². The normalized spacial score (nSPS) is 22.7. The second-order valence-electron chi connectivity index (χ2n) is 7.66. The van der Waals surface area contributed by atoms with Gasteiger partial charge >= 0.3 is 0 Å². The average Bonchev–Trinajstić information content (AvgIpc) is 2.78. The van der Waals surface area contributed by atoms with Gasteiger partial charge in [-0.05, 0) is 37.3 Å². The first kappa shape index (κ1) is 22.8. The van der Waals surface area contributed by atoms with Crippen LogP contribution in [0.25, 0.3) is 11.3 Å². The van der Waals surface area contributed by atoms with Crippen molar-refractivity contribution in [1.82, 2.24) is 9.97 Å². The largest absolute Gasteiger partial charge is 0.390 e. The molecule has 0 saturated carbocycles. The van der Waals surface area contributed by atoms with Crippen molar-refractivity contribution >= 4 is 11.6 Å². The summed E-state index contributed by atoms with van der Waals surface area (Å²) in [6, 6.07) is 6.64. The van der Waals surface area contributed by atoms with Crippen LogP contribution >= 0.6 is 0 Å². The lowest BCUT2D eigenvalue weighted by molar-refractivity contribution is -0.163. The van der Waals surface area contributed by atoms with Crippen LogP contribution in [0, 0.1) is 17.5 Å². The highest BCUT2D eigenvalue weighted by Crippen LogP contribution is 2.35. The van der Waals surface area contributed by atoms with Gasteiger partial charge in [-0.2, -0.15) is 0 Å². The number of ether oxygens (including phenoxy) is 1. The van der Waals surface area contributed by atoms with Crippen molar-refractivity contribution in [3.63, 3.8) is 0 Å². The zero-order chi connectivity index (χ0) is 23.7. The van der Waals surface area contributed by atoms with E-state index in [1.807, 2.05) is 0 Å². The van der Waals surface area contributed by atoms with Crippen LogP contribution in [0.5, 0.6) is 0 Å². The molecule has 4 rings (SSSR count). The third-order valence-corrected chi connectivity index (χ3v) is 5.44. The van der Waals surface area contributed by atoms with E-state index in [0.29, 0.717) is 5.56 Å². The Bertz CT molecular complexity index is 1160. The Morgan fingerprint density at radius 1 is 1.09 bits per heavy atom. The molecule has 0 spiro atoms. The molecule has 1 aromatic carbocycles. The summed E-state index contributed by atoms with van der Waals surface area (Å²) in [4.78, 5) is 20.7. The number of carbonyl (C=O) groups is 1. The van der Waals surface area contributed by atoms with E-state index < -0.39 is 59.0 Å². The third kappa shape index (κ3) is 4.58. The Labute approximate surface area is 186 Å².